The second-order valence-electron chi connectivity index (χ2n) is 24.3. The van der Waals surface area contributed by atoms with Crippen LogP contribution in [0.3, 0.4) is 0 Å². The number of carboxylic acids is 2. The third-order valence-electron chi connectivity index (χ3n) is 17.1. The number of amides is 3. The normalized spacial score (nSPS) is 18.1. The van der Waals surface area contributed by atoms with Gasteiger partial charge in [-0.3, -0.25) is 39.0 Å². The maximum atomic E-state index is 13.5. The molecule has 0 aliphatic carbocycles. The standard InChI is InChI=1S/C34H39F3N4O5.C30H33F3N4O5S/c1-34(2,3)46-33(45)39-23-5-6-28-24(18-23)25(19-38-28)21-8-14-41(15-9-21)31(32(43)44)22-10-12-40(13-11-22)29(42)7-4-20-16-26(35)30(37)27(36)17-20;1-43(41,42)35-21-3-4-22-23(17-34-26(22)16-21)19-6-12-37(13-7-19)29(30(39)40)20-8-10-36(11-9-20)27(38)5-2-18-14-24(31)28(33)25(32)15-18/h4-7,16-19,21-22,31,38H,8-15H2,1-3H3,(H,39,45)(H,43,44);2-5,14-17,19-20,29,34-35H,6-13H2,1H3,(H,39,40)/b7-4+;5-2+. The maximum Gasteiger partial charge on any atom is 0.412 e. The van der Waals surface area contributed by atoms with Crippen molar-refractivity contribution in [3.8, 4) is 0 Å². The SMILES string of the molecule is CC(C)(C)OC(=O)Nc1ccc2[nH]cc(C3CCN(C(C(=O)O)C4CCN(C(=O)/C=C/c5cc(F)c(F)c(F)c5)CC4)CC3)c2c1.CS(=O)(=O)Nc1ccc2c(C3CCN(C(C(=O)O)C4CCN(C(=O)/C=C/c5cc(F)c(F)c(F)c5)CC4)CC3)c[nH]c2c1. The average Bonchev–Trinajstić information content (AvgIpc) is 2.01. The van der Waals surface area contributed by atoms with E-state index in [1.54, 1.807) is 42.7 Å². The highest BCUT2D eigenvalue weighted by molar-refractivity contribution is 7.92. The number of aromatic nitrogens is 2. The van der Waals surface area contributed by atoms with Crippen LogP contribution < -0.4 is 10.0 Å². The lowest BCUT2D eigenvalue weighted by Crippen LogP contribution is -2.52. The molecule has 6 heterocycles. The minimum absolute atomic E-state index is 0.0234. The minimum atomic E-state index is -3.39. The van der Waals surface area contributed by atoms with Gasteiger partial charge >= 0.3 is 18.0 Å². The highest BCUT2D eigenvalue weighted by Crippen LogP contribution is 2.39. The zero-order valence-corrected chi connectivity index (χ0v) is 50.5. The number of hydrogen-bond acceptors (Lipinski definition) is 10. The van der Waals surface area contributed by atoms with E-state index in [2.05, 4.69) is 20.0 Å². The van der Waals surface area contributed by atoms with Crippen LogP contribution in [0.25, 0.3) is 34.0 Å². The number of carbonyl (C=O) groups is 5. The van der Waals surface area contributed by atoms with Gasteiger partial charge in [-0.25, -0.2) is 39.6 Å². The van der Waals surface area contributed by atoms with Crippen LogP contribution in [-0.2, 0) is 33.9 Å². The van der Waals surface area contributed by atoms with E-state index >= 15 is 0 Å². The number of aliphatic carboxylic acids is 2. The molecule has 4 fully saturated rings. The number of nitrogens with one attached hydrogen (secondary N) is 4. The number of fused-ring (bicyclic) bond motifs is 2. The van der Waals surface area contributed by atoms with Gasteiger partial charge in [0.15, 0.2) is 34.9 Å². The fourth-order valence-electron chi connectivity index (χ4n) is 12.8. The minimum Gasteiger partial charge on any atom is -0.480 e. The molecule has 4 saturated heterocycles. The second kappa shape index (κ2) is 27.7. The number of piperidine rings is 4. The number of benzene rings is 4. The summed E-state index contributed by atoms with van der Waals surface area (Å²) in [4.78, 5) is 76.3. The monoisotopic (exact) mass is 1260 g/mol. The number of nitrogens with zero attached hydrogens (tertiary/aromatic N) is 4. The number of carbonyl (C=O) groups excluding carboxylic acids is 3. The molecular weight excluding hydrogens is 1190 g/mol. The van der Waals surface area contributed by atoms with E-state index in [1.165, 1.54) is 24.3 Å². The summed E-state index contributed by atoms with van der Waals surface area (Å²) in [5.74, 6) is -10.8. The summed E-state index contributed by atoms with van der Waals surface area (Å²) in [6.45, 7) is 9.26. The van der Waals surface area contributed by atoms with Crippen LogP contribution in [0.1, 0.15) is 106 Å². The van der Waals surface area contributed by atoms with Crippen molar-refractivity contribution in [2.24, 2.45) is 11.8 Å². The topological polar surface area (TPSA) is 238 Å². The summed E-state index contributed by atoms with van der Waals surface area (Å²) in [7, 11) is -3.39. The van der Waals surface area contributed by atoms with Gasteiger partial charge < -0.3 is 34.7 Å². The molecule has 0 saturated carbocycles. The van der Waals surface area contributed by atoms with Gasteiger partial charge in [-0.15, -0.1) is 0 Å². The van der Waals surface area contributed by atoms with E-state index in [0.29, 0.717) is 89.4 Å². The highest BCUT2D eigenvalue weighted by atomic mass is 32.2. The smallest absolute Gasteiger partial charge is 0.412 e. The summed E-state index contributed by atoms with van der Waals surface area (Å²) in [5, 5.41) is 25.2. The quantitative estimate of drug-likeness (QED) is 0.0320. The Morgan fingerprint density at radius 2 is 0.989 bits per heavy atom. The molecule has 476 valence electrons. The number of likely N-dealkylation sites (tertiary alicyclic amines) is 4. The first kappa shape index (κ1) is 65.3. The van der Waals surface area contributed by atoms with Crippen molar-refractivity contribution in [1.29, 1.82) is 0 Å². The molecule has 4 aliphatic rings. The van der Waals surface area contributed by atoms with Crippen molar-refractivity contribution in [2.45, 2.75) is 102 Å². The van der Waals surface area contributed by atoms with Crippen molar-refractivity contribution in [3.63, 3.8) is 0 Å². The zero-order chi connectivity index (χ0) is 64.1. The molecule has 10 rings (SSSR count). The fourth-order valence-corrected chi connectivity index (χ4v) is 13.3. The molecule has 25 heteroatoms. The highest BCUT2D eigenvalue weighted by Gasteiger charge is 2.40. The first-order valence-corrected chi connectivity index (χ1v) is 31.4. The number of aromatic amines is 2. The third-order valence-corrected chi connectivity index (χ3v) is 17.7. The van der Waals surface area contributed by atoms with Crippen LogP contribution in [0.2, 0.25) is 0 Å². The Kier molecular flexibility index (Phi) is 20.3. The largest absolute Gasteiger partial charge is 0.480 e. The predicted molar refractivity (Wildman–Crippen MR) is 324 cm³/mol. The Morgan fingerprint density at radius 3 is 1.40 bits per heavy atom. The van der Waals surface area contributed by atoms with E-state index in [9.17, 15) is 68.9 Å². The van der Waals surface area contributed by atoms with Crippen molar-refractivity contribution in [1.82, 2.24) is 29.6 Å². The van der Waals surface area contributed by atoms with Gasteiger partial charge in [-0.1, -0.05) is 6.07 Å². The number of ether oxygens (including phenoxy) is 1. The van der Waals surface area contributed by atoms with Crippen LogP contribution >= 0.6 is 0 Å². The Balaban J connectivity index is 0.000000212. The molecule has 0 bridgehead atoms. The summed E-state index contributed by atoms with van der Waals surface area (Å²) >= 11 is 0. The molecule has 4 aliphatic heterocycles. The molecule has 18 nitrogen and oxygen atoms in total. The van der Waals surface area contributed by atoms with Crippen LogP contribution in [0.15, 0.2) is 85.2 Å². The van der Waals surface area contributed by atoms with Crippen LogP contribution in [-0.4, -0.2) is 154 Å². The summed E-state index contributed by atoms with van der Waals surface area (Å²) in [5.41, 5.74) is 4.56. The molecule has 6 aromatic rings. The number of halogens is 6. The molecular formula is C64H72F6N8O10S. The zero-order valence-electron chi connectivity index (χ0n) is 49.6. The van der Waals surface area contributed by atoms with Crippen LogP contribution in [0.4, 0.5) is 42.5 Å². The maximum absolute atomic E-state index is 13.5. The Labute approximate surface area is 511 Å². The Bertz CT molecular complexity index is 3730. The molecule has 2 atom stereocenters. The average molecular weight is 1260 g/mol. The number of sulfonamides is 1. The first-order valence-electron chi connectivity index (χ1n) is 29.5. The molecule has 3 amide bonds. The number of rotatable bonds is 15. The van der Waals surface area contributed by atoms with E-state index in [4.69, 9.17) is 4.74 Å². The molecule has 89 heavy (non-hydrogen) atoms. The van der Waals surface area contributed by atoms with Crippen molar-refractivity contribution in [2.75, 3.05) is 68.7 Å². The lowest BCUT2D eigenvalue weighted by atomic mass is 9.84. The van der Waals surface area contributed by atoms with E-state index in [-0.39, 0.29) is 46.6 Å². The molecule has 0 radical (unpaired) electrons. The van der Waals surface area contributed by atoms with E-state index in [0.717, 1.165) is 89.1 Å². The summed E-state index contributed by atoms with van der Waals surface area (Å²) < 4.78 is 111. The fraction of sp³-hybridized carbons (Fsp3) is 0.422. The Morgan fingerprint density at radius 1 is 0.573 bits per heavy atom. The van der Waals surface area contributed by atoms with Crippen LogP contribution in [0.5, 0.6) is 0 Å². The van der Waals surface area contributed by atoms with Gasteiger partial charge in [-0.05, 0) is 211 Å². The lowest BCUT2D eigenvalue weighted by molar-refractivity contribution is -0.148. The number of H-pyrrole nitrogens is 2. The molecule has 0 spiro atoms. The van der Waals surface area contributed by atoms with Crippen molar-refractivity contribution in [3.05, 3.63) is 142 Å². The van der Waals surface area contributed by atoms with Gasteiger partial charge in [0.25, 0.3) is 0 Å². The summed E-state index contributed by atoms with van der Waals surface area (Å²) in [6, 6.07) is 12.9. The number of anilines is 2. The Hall–Kier alpha value is -8.16. The van der Waals surface area contributed by atoms with E-state index in [1.807, 2.05) is 46.5 Å². The first-order chi connectivity index (χ1) is 42.2. The molecule has 6 N–H and O–H groups in total. The molecule has 4 aromatic carbocycles. The number of hydrogen-bond donors (Lipinski definition) is 6. The predicted octanol–water partition coefficient (Wildman–Crippen LogP) is 11.1. The lowest BCUT2D eigenvalue weighted by Gasteiger charge is -2.41. The van der Waals surface area contributed by atoms with Gasteiger partial charge in [-0.2, -0.15) is 0 Å². The second-order valence-corrected chi connectivity index (χ2v) is 26.0. The van der Waals surface area contributed by atoms with Gasteiger partial charge in [0, 0.05) is 78.2 Å². The van der Waals surface area contributed by atoms with Gasteiger partial charge in [0.2, 0.25) is 21.8 Å². The number of carboxylic acid groups (broad SMARTS) is 2. The third kappa shape index (κ3) is 16.4. The van der Waals surface area contributed by atoms with Crippen molar-refractivity contribution < 1.29 is 73.7 Å². The molecule has 2 aromatic heterocycles. The molecule has 2 unspecified atom stereocenters. The van der Waals surface area contributed by atoms with Crippen LogP contribution in [0, 0.1) is 46.7 Å². The van der Waals surface area contributed by atoms with Crippen molar-refractivity contribution >= 4 is 85.2 Å². The summed E-state index contributed by atoms with van der Waals surface area (Å²) in [6.07, 6.45) is 14.4. The van der Waals surface area contributed by atoms with Gasteiger partial charge in [0.05, 0.1) is 11.9 Å². The van der Waals surface area contributed by atoms with E-state index < -0.39 is 80.6 Å². The van der Waals surface area contributed by atoms with Gasteiger partial charge in [0.1, 0.15) is 17.7 Å².